The molecule has 0 bridgehead atoms. The number of rotatable bonds is 3. The molecule has 0 aromatic rings. The summed E-state index contributed by atoms with van der Waals surface area (Å²) in [5.41, 5.74) is 0.0334. The van der Waals surface area contributed by atoms with Crippen LogP contribution in [0.2, 0.25) is 0 Å². The molecule has 1 spiro atoms. The average molecular weight is 302 g/mol. The second-order valence-electron chi connectivity index (χ2n) is 7.06. The predicted octanol–water partition coefficient (Wildman–Crippen LogP) is 1.91. The smallest absolute Gasteiger partial charge is 0.150 e. The molecule has 2 saturated heterocycles. The van der Waals surface area contributed by atoms with Gasteiger partial charge in [0.2, 0.25) is 0 Å². The first-order chi connectivity index (χ1) is 9.48. The van der Waals surface area contributed by atoms with E-state index in [9.17, 15) is 13.5 Å². The fraction of sp³-hybridized carbons (Fsp3) is 1.00. The molecule has 3 aliphatic rings. The number of aliphatic hydroxyl groups excluding tert-OH is 1. The summed E-state index contributed by atoms with van der Waals surface area (Å²) in [6.45, 7) is 0.755. The van der Waals surface area contributed by atoms with Crippen molar-refractivity contribution in [2.45, 2.75) is 63.1 Å². The highest BCUT2D eigenvalue weighted by Gasteiger charge is 2.42. The van der Waals surface area contributed by atoms with Crippen LogP contribution in [-0.2, 0) is 14.6 Å². The third-order valence-electron chi connectivity index (χ3n) is 5.49. The highest BCUT2D eigenvalue weighted by molar-refractivity contribution is 7.91. The van der Waals surface area contributed by atoms with E-state index in [2.05, 4.69) is 0 Å². The molecule has 3 rings (SSSR count). The Kier molecular flexibility index (Phi) is 4.13. The molecule has 4 nitrogen and oxygen atoms in total. The summed E-state index contributed by atoms with van der Waals surface area (Å²) in [6.07, 6.45) is 7.66. The van der Waals surface area contributed by atoms with Crippen LogP contribution in [0.15, 0.2) is 0 Å². The minimum absolute atomic E-state index is 0.0334. The van der Waals surface area contributed by atoms with Gasteiger partial charge in [0.1, 0.15) is 0 Å². The lowest BCUT2D eigenvalue weighted by Gasteiger charge is -2.40. The molecular weight excluding hydrogens is 276 g/mol. The van der Waals surface area contributed by atoms with Gasteiger partial charge >= 0.3 is 0 Å². The Bertz CT molecular complexity index is 439. The van der Waals surface area contributed by atoms with Crippen molar-refractivity contribution in [1.29, 1.82) is 0 Å². The Balaban J connectivity index is 1.55. The number of sulfone groups is 1. The van der Waals surface area contributed by atoms with E-state index in [-0.39, 0.29) is 23.4 Å². The van der Waals surface area contributed by atoms with Crippen LogP contribution in [0.5, 0.6) is 0 Å². The van der Waals surface area contributed by atoms with Crippen molar-refractivity contribution < 1.29 is 18.3 Å². The van der Waals surface area contributed by atoms with Gasteiger partial charge in [0.05, 0.1) is 23.2 Å². The van der Waals surface area contributed by atoms with Gasteiger partial charge in [-0.05, 0) is 50.4 Å². The fourth-order valence-corrected chi connectivity index (χ4v) is 6.23. The lowest BCUT2D eigenvalue weighted by molar-refractivity contribution is -0.114. The second kappa shape index (κ2) is 5.58. The summed E-state index contributed by atoms with van der Waals surface area (Å²) in [4.78, 5) is 0. The first kappa shape index (κ1) is 14.8. The van der Waals surface area contributed by atoms with E-state index in [1.54, 1.807) is 0 Å². The van der Waals surface area contributed by atoms with Crippen molar-refractivity contribution in [1.82, 2.24) is 0 Å². The topological polar surface area (TPSA) is 63.6 Å². The van der Waals surface area contributed by atoms with Gasteiger partial charge < -0.3 is 9.84 Å². The second-order valence-corrected chi connectivity index (χ2v) is 9.29. The van der Waals surface area contributed by atoms with Crippen molar-refractivity contribution >= 4 is 9.84 Å². The van der Waals surface area contributed by atoms with Gasteiger partial charge in [0.15, 0.2) is 9.84 Å². The molecule has 2 heterocycles. The first-order valence-corrected chi connectivity index (χ1v) is 9.83. The zero-order valence-corrected chi connectivity index (χ0v) is 12.9. The summed E-state index contributed by atoms with van der Waals surface area (Å²) in [5, 5.41) is 10.5. The molecule has 1 aliphatic carbocycles. The summed E-state index contributed by atoms with van der Waals surface area (Å²) in [6, 6.07) is 0. The Morgan fingerprint density at radius 2 is 2.00 bits per heavy atom. The predicted molar refractivity (Wildman–Crippen MR) is 77.3 cm³/mol. The molecule has 3 atom stereocenters. The Morgan fingerprint density at radius 1 is 1.25 bits per heavy atom. The van der Waals surface area contributed by atoms with Gasteiger partial charge in [-0.3, -0.25) is 0 Å². The van der Waals surface area contributed by atoms with E-state index in [1.807, 2.05) is 0 Å². The van der Waals surface area contributed by atoms with Gasteiger partial charge in [0, 0.05) is 6.61 Å². The number of ether oxygens (including phenoxy) is 1. The fourth-order valence-electron chi connectivity index (χ4n) is 4.35. The van der Waals surface area contributed by atoms with E-state index < -0.39 is 9.84 Å². The maximum atomic E-state index is 11.5. The molecule has 0 aromatic carbocycles. The third kappa shape index (κ3) is 3.20. The standard InChI is InChI=1S/C15H26O4S/c16-14(9-12-4-8-20(17,18)11-12)13-3-7-19-15(10-13)5-1-2-6-15/h12-14,16H,1-11H2. The minimum Gasteiger partial charge on any atom is -0.393 e. The van der Waals surface area contributed by atoms with Crippen LogP contribution >= 0.6 is 0 Å². The van der Waals surface area contributed by atoms with Gasteiger partial charge in [-0.1, -0.05) is 12.8 Å². The maximum absolute atomic E-state index is 11.5. The highest BCUT2D eigenvalue weighted by atomic mass is 32.2. The van der Waals surface area contributed by atoms with Gasteiger partial charge in [-0.15, -0.1) is 0 Å². The number of hydrogen-bond donors (Lipinski definition) is 1. The van der Waals surface area contributed by atoms with Crippen molar-refractivity contribution in [3.8, 4) is 0 Å². The van der Waals surface area contributed by atoms with Gasteiger partial charge in [-0.2, -0.15) is 0 Å². The first-order valence-electron chi connectivity index (χ1n) is 8.01. The van der Waals surface area contributed by atoms with E-state index in [0.29, 0.717) is 18.1 Å². The van der Waals surface area contributed by atoms with Gasteiger partial charge in [0.25, 0.3) is 0 Å². The van der Waals surface area contributed by atoms with Crippen molar-refractivity contribution in [2.75, 3.05) is 18.1 Å². The Hall–Kier alpha value is -0.130. The van der Waals surface area contributed by atoms with Crippen LogP contribution < -0.4 is 0 Å². The van der Waals surface area contributed by atoms with Crippen LogP contribution in [0.3, 0.4) is 0 Å². The molecule has 0 radical (unpaired) electrons. The van der Waals surface area contributed by atoms with E-state index in [1.165, 1.54) is 12.8 Å². The summed E-state index contributed by atoms with van der Waals surface area (Å²) < 4.78 is 29.0. The molecule has 3 fully saturated rings. The number of aliphatic hydroxyl groups is 1. The maximum Gasteiger partial charge on any atom is 0.150 e. The third-order valence-corrected chi connectivity index (χ3v) is 7.33. The van der Waals surface area contributed by atoms with Crippen LogP contribution in [0.1, 0.15) is 51.4 Å². The Labute approximate surface area is 121 Å². The van der Waals surface area contributed by atoms with Crippen molar-refractivity contribution in [3.05, 3.63) is 0 Å². The van der Waals surface area contributed by atoms with E-state index in [4.69, 9.17) is 4.74 Å². The van der Waals surface area contributed by atoms with Crippen molar-refractivity contribution in [3.63, 3.8) is 0 Å². The van der Waals surface area contributed by atoms with Crippen LogP contribution in [-0.4, -0.2) is 43.3 Å². The largest absolute Gasteiger partial charge is 0.393 e. The monoisotopic (exact) mass is 302 g/mol. The molecule has 0 amide bonds. The average Bonchev–Trinajstić information content (AvgIpc) is 2.97. The molecule has 3 unspecified atom stereocenters. The van der Waals surface area contributed by atoms with Crippen LogP contribution in [0.4, 0.5) is 0 Å². The Morgan fingerprint density at radius 3 is 2.65 bits per heavy atom. The molecule has 0 aromatic heterocycles. The molecule has 1 N–H and O–H groups in total. The lowest BCUT2D eigenvalue weighted by Crippen LogP contribution is -2.41. The summed E-state index contributed by atoms with van der Waals surface area (Å²) in [5.74, 6) is 1.04. The summed E-state index contributed by atoms with van der Waals surface area (Å²) >= 11 is 0. The molecular formula is C15H26O4S. The normalized spacial score (nSPS) is 37.2. The summed E-state index contributed by atoms with van der Waals surface area (Å²) in [7, 11) is -2.83. The quantitative estimate of drug-likeness (QED) is 0.865. The number of hydrogen-bond acceptors (Lipinski definition) is 4. The zero-order valence-electron chi connectivity index (χ0n) is 12.1. The molecule has 1 saturated carbocycles. The van der Waals surface area contributed by atoms with E-state index >= 15 is 0 Å². The molecule has 2 aliphatic heterocycles. The molecule has 20 heavy (non-hydrogen) atoms. The molecule has 5 heteroatoms. The SMILES string of the molecule is O=S1(=O)CCC(CC(O)C2CCOC3(CCCC3)C2)C1. The van der Waals surface area contributed by atoms with Crippen molar-refractivity contribution in [2.24, 2.45) is 11.8 Å². The van der Waals surface area contributed by atoms with Crippen LogP contribution in [0.25, 0.3) is 0 Å². The highest BCUT2D eigenvalue weighted by Crippen LogP contribution is 2.43. The van der Waals surface area contributed by atoms with Gasteiger partial charge in [-0.25, -0.2) is 8.42 Å². The lowest BCUT2D eigenvalue weighted by atomic mass is 9.79. The zero-order chi connectivity index (χ0) is 14.2. The van der Waals surface area contributed by atoms with E-state index in [0.717, 1.165) is 38.7 Å². The minimum atomic E-state index is -2.83. The molecule has 116 valence electrons. The van der Waals surface area contributed by atoms with Crippen LogP contribution in [0, 0.1) is 11.8 Å².